The van der Waals surface area contributed by atoms with Crippen LogP contribution in [0.3, 0.4) is 0 Å². The van der Waals surface area contributed by atoms with Crippen LogP contribution in [-0.2, 0) is 4.79 Å². The molecule has 0 aromatic heterocycles. The Morgan fingerprint density at radius 2 is 1.83 bits per heavy atom. The number of carbonyl (C=O) groups is 1. The van der Waals surface area contributed by atoms with Gasteiger partial charge in [0.15, 0.2) is 0 Å². The minimum atomic E-state index is -0.109. The molecule has 0 saturated carbocycles. The summed E-state index contributed by atoms with van der Waals surface area (Å²) in [7, 11) is 3.67. The first-order chi connectivity index (χ1) is 11.6. The molecule has 4 heteroatoms. The minimum absolute atomic E-state index is 0.109. The SMILES string of the molecule is CNC1CCN(C(=O)C(C)c2ccc3cc(OC)ccc3c2)CC1. The highest BCUT2D eigenvalue weighted by atomic mass is 16.5. The molecule has 1 atom stereocenters. The van der Waals surface area contributed by atoms with Gasteiger partial charge >= 0.3 is 0 Å². The molecule has 2 aromatic carbocycles. The lowest BCUT2D eigenvalue weighted by Crippen LogP contribution is -2.45. The van der Waals surface area contributed by atoms with Crippen LogP contribution in [0.2, 0.25) is 0 Å². The van der Waals surface area contributed by atoms with E-state index in [-0.39, 0.29) is 11.8 Å². The van der Waals surface area contributed by atoms with E-state index in [9.17, 15) is 4.79 Å². The van der Waals surface area contributed by atoms with E-state index in [4.69, 9.17) is 4.74 Å². The minimum Gasteiger partial charge on any atom is -0.497 e. The topological polar surface area (TPSA) is 41.6 Å². The number of carbonyl (C=O) groups excluding carboxylic acids is 1. The van der Waals surface area contributed by atoms with Crippen molar-refractivity contribution in [1.82, 2.24) is 10.2 Å². The Bertz CT molecular complexity index is 721. The van der Waals surface area contributed by atoms with E-state index >= 15 is 0 Å². The lowest BCUT2D eigenvalue weighted by Gasteiger charge is -2.33. The highest BCUT2D eigenvalue weighted by Crippen LogP contribution is 2.27. The van der Waals surface area contributed by atoms with Crippen molar-refractivity contribution in [3.8, 4) is 5.75 Å². The summed E-state index contributed by atoms with van der Waals surface area (Å²) in [5, 5.41) is 5.58. The number of ether oxygens (including phenoxy) is 1. The standard InChI is InChI=1S/C20H26N2O2/c1-14(20(23)22-10-8-18(21-2)9-11-22)15-4-5-17-13-19(24-3)7-6-16(17)12-15/h4-7,12-14,18,21H,8-11H2,1-3H3. The number of likely N-dealkylation sites (tertiary alicyclic amines) is 1. The summed E-state index contributed by atoms with van der Waals surface area (Å²) in [5.41, 5.74) is 1.08. The Morgan fingerprint density at radius 1 is 1.17 bits per heavy atom. The van der Waals surface area contributed by atoms with Gasteiger partial charge in [-0.1, -0.05) is 24.3 Å². The second-order valence-electron chi connectivity index (χ2n) is 6.58. The second kappa shape index (κ2) is 7.22. The molecule has 1 aliphatic rings. The number of benzene rings is 2. The fraction of sp³-hybridized carbons (Fsp3) is 0.450. The summed E-state index contributed by atoms with van der Waals surface area (Å²) in [6, 6.07) is 12.8. The lowest BCUT2D eigenvalue weighted by atomic mass is 9.95. The maximum Gasteiger partial charge on any atom is 0.229 e. The van der Waals surface area contributed by atoms with Gasteiger partial charge in [-0.2, -0.15) is 0 Å². The van der Waals surface area contributed by atoms with E-state index in [1.165, 1.54) is 0 Å². The first kappa shape index (κ1) is 16.8. The molecule has 0 radical (unpaired) electrons. The van der Waals surface area contributed by atoms with Crippen LogP contribution in [0.1, 0.15) is 31.2 Å². The molecular formula is C20H26N2O2. The van der Waals surface area contributed by atoms with E-state index in [0.717, 1.165) is 48.0 Å². The zero-order valence-electron chi connectivity index (χ0n) is 14.7. The number of rotatable bonds is 4. The third kappa shape index (κ3) is 3.39. The summed E-state index contributed by atoms with van der Waals surface area (Å²) in [6.07, 6.45) is 2.07. The van der Waals surface area contributed by atoms with E-state index in [0.29, 0.717) is 6.04 Å². The van der Waals surface area contributed by atoms with Crippen molar-refractivity contribution in [1.29, 1.82) is 0 Å². The van der Waals surface area contributed by atoms with Gasteiger partial charge in [-0.15, -0.1) is 0 Å². The molecule has 1 N–H and O–H groups in total. The molecule has 1 heterocycles. The molecule has 2 aromatic rings. The average molecular weight is 326 g/mol. The number of piperidine rings is 1. The summed E-state index contributed by atoms with van der Waals surface area (Å²) in [6.45, 7) is 3.70. The van der Waals surface area contributed by atoms with Crippen LogP contribution < -0.4 is 10.1 Å². The molecule has 1 amide bonds. The molecule has 4 nitrogen and oxygen atoms in total. The maximum atomic E-state index is 12.8. The van der Waals surface area contributed by atoms with Crippen LogP contribution in [0.25, 0.3) is 10.8 Å². The highest BCUT2D eigenvalue weighted by Gasteiger charge is 2.26. The number of nitrogens with one attached hydrogen (secondary N) is 1. The van der Waals surface area contributed by atoms with Crippen LogP contribution >= 0.6 is 0 Å². The van der Waals surface area contributed by atoms with Gasteiger partial charge in [0, 0.05) is 19.1 Å². The van der Waals surface area contributed by atoms with Crippen molar-refractivity contribution in [2.24, 2.45) is 0 Å². The molecule has 128 valence electrons. The number of nitrogens with zero attached hydrogens (tertiary/aromatic N) is 1. The first-order valence-electron chi connectivity index (χ1n) is 8.66. The molecule has 24 heavy (non-hydrogen) atoms. The van der Waals surface area contributed by atoms with Crippen LogP contribution in [0.5, 0.6) is 5.75 Å². The number of hydrogen-bond acceptors (Lipinski definition) is 3. The fourth-order valence-corrected chi connectivity index (χ4v) is 3.44. The number of fused-ring (bicyclic) bond motifs is 1. The molecule has 0 spiro atoms. The van der Waals surface area contributed by atoms with Gasteiger partial charge in [-0.3, -0.25) is 4.79 Å². The predicted molar refractivity (Wildman–Crippen MR) is 97.6 cm³/mol. The Kier molecular flexibility index (Phi) is 5.05. The lowest BCUT2D eigenvalue weighted by molar-refractivity contribution is -0.133. The highest BCUT2D eigenvalue weighted by molar-refractivity contribution is 5.88. The van der Waals surface area contributed by atoms with Gasteiger partial charge < -0.3 is 15.0 Å². The van der Waals surface area contributed by atoms with Crippen molar-refractivity contribution in [3.63, 3.8) is 0 Å². The predicted octanol–water partition coefficient (Wildman–Crippen LogP) is 3.16. The zero-order chi connectivity index (χ0) is 17.1. The number of amides is 1. The molecule has 1 aliphatic heterocycles. The average Bonchev–Trinajstić information content (AvgIpc) is 2.66. The summed E-state index contributed by atoms with van der Waals surface area (Å²) in [5.74, 6) is 0.979. The summed E-state index contributed by atoms with van der Waals surface area (Å²) < 4.78 is 5.27. The third-order valence-corrected chi connectivity index (χ3v) is 5.16. The van der Waals surface area contributed by atoms with Gasteiger partial charge in [0.25, 0.3) is 0 Å². The Hall–Kier alpha value is -2.07. The van der Waals surface area contributed by atoms with Gasteiger partial charge in [0.1, 0.15) is 5.75 Å². The second-order valence-corrected chi connectivity index (χ2v) is 6.58. The van der Waals surface area contributed by atoms with Crippen molar-refractivity contribution >= 4 is 16.7 Å². The van der Waals surface area contributed by atoms with Crippen molar-refractivity contribution < 1.29 is 9.53 Å². The van der Waals surface area contributed by atoms with Gasteiger partial charge in [-0.05, 0) is 55.3 Å². The molecule has 0 aliphatic carbocycles. The van der Waals surface area contributed by atoms with E-state index < -0.39 is 0 Å². The van der Waals surface area contributed by atoms with Gasteiger partial charge in [0.2, 0.25) is 5.91 Å². The van der Waals surface area contributed by atoms with E-state index in [1.807, 2.05) is 37.1 Å². The molecule has 1 fully saturated rings. The maximum absolute atomic E-state index is 12.8. The number of methoxy groups -OCH3 is 1. The van der Waals surface area contributed by atoms with E-state index in [2.05, 4.69) is 23.5 Å². The van der Waals surface area contributed by atoms with Crippen LogP contribution in [-0.4, -0.2) is 44.1 Å². The van der Waals surface area contributed by atoms with E-state index in [1.54, 1.807) is 7.11 Å². The third-order valence-electron chi connectivity index (χ3n) is 5.16. The fourth-order valence-electron chi connectivity index (χ4n) is 3.44. The van der Waals surface area contributed by atoms with Crippen molar-refractivity contribution in [3.05, 3.63) is 42.0 Å². The Balaban J connectivity index is 1.75. The first-order valence-corrected chi connectivity index (χ1v) is 8.66. The van der Waals surface area contributed by atoms with Crippen molar-refractivity contribution in [2.75, 3.05) is 27.2 Å². The normalized spacial score (nSPS) is 17.0. The van der Waals surface area contributed by atoms with Crippen molar-refractivity contribution in [2.45, 2.75) is 31.7 Å². The summed E-state index contributed by atoms with van der Waals surface area (Å²) in [4.78, 5) is 14.8. The zero-order valence-corrected chi connectivity index (χ0v) is 14.7. The van der Waals surface area contributed by atoms with Crippen LogP contribution in [0, 0.1) is 0 Å². The van der Waals surface area contributed by atoms with Gasteiger partial charge in [0.05, 0.1) is 13.0 Å². The monoisotopic (exact) mass is 326 g/mol. The molecule has 1 unspecified atom stereocenters. The number of hydrogen-bond donors (Lipinski definition) is 1. The quantitative estimate of drug-likeness (QED) is 0.938. The summed E-state index contributed by atoms with van der Waals surface area (Å²) >= 11 is 0. The molecule has 0 bridgehead atoms. The van der Waals surface area contributed by atoms with Gasteiger partial charge in [-0.25, -0.2) is 0 Å². The largest absolute Gasteiger partial charge is 0.497 e. The Morgan fingerprint density at radius 3 is 2.50 bits per heavy atom. The molecule has 3 rings (SSSR count). The molecular weight excluding hydrogens is 300 g/mol. The molecule has 1 saturated heterocycles. The smallest absolute Gasteiger partial charge is 0.229 e. The Labute approximate surface area is 143 Å². The van der Waals surface area contributed by atoms with Crippen LogP contribution in [0.15, 0.2) is 36.4 Å². The van der Waals surface area contributed by atoms with Crippen LogP contribution in [0.4, 0.5) is 0 Å².